The Morgan fingerprint density at radius 3 is 2.62 bits per heavy atom. The van der Waals surface area contributed by atoms with E-state index < -0.39 is 0 Å². The maximum absolute atomic E-state index is 12.1. The molecule has 102 valence electrons. The van der Waals surface area contributed by atoms with E-state index in [1.54, 1.807) is 19.1 Å². The van der Waals surface area contributed by atoms with Gasteiger partial charge in [0.1, 0.15) is 5.76 Å². The van der Waals surface area contributed by atoms with Crippen LogP contribution in [-0.2, 0) is 6.42 Å². The molecule has 0 amide bonds. The van der Waals surface area contributed by atoms with Crippen molar-refractivity contribution in [1.29, 1.82) is 0 Å². The van der Waals surface area contributed by atoms with Gasteiger partial charge in [0.15, 0.2) is 5.78 Å². The zero-order valence-corrected chi connectivity index (χ0v) is 11.5. The average molecular weight is 276 g/mol. The summed E-state index contributed by atoms with van der Waals surface area (Å²) < 4.78 is 5.52. The lowest BCUT2D eigenvalue weighted by Gasteiger charge is -2.03. The van der Waals surface area contributed by atoms with Crippen LogP contribution in [0.2, 0.25) is 0 Å². The lowest BCUT2D eigenvalue weighted by molar-refractivity contribution is 0.101. The van der Waals surface area contributed by atoms with Crippen LogP contribution in [0.15, 0.2) is 51.7 Å². The Bertz CT molecular complexity index is 964. The van der Waals surface area contributed by atoms with Gasteiger partial charge in [-0.2, -0.15) is 0 Å². The van der Waals surface area contributed by atoms with Gasteiger partial charge >= 0.3 is 5.63 Å². The minimum Gasteiger partial charge on any atom is -0.422 e. The van der Waals surface area contributed by atoms with Gasteiger partial charge in [0.05, 0.1) is 5.39 Å². The summed E-state index contributed by atoms with van der Waals surface area (Å²) in [4.78, 5) is 23.6. The molecule has 1 aliphatic carbocycles. The van der Waals surface area contributed by atoms with Crippen LogP contribution in [0.1, 0.15) is 28.4 Å². The van der Waals surface area contributed by atoms with Crippen LogP contribution in [0.5, 0.6) is 0 Å². The van der Waals surface area contributed by atoms with Gasteiger partial charge in [0, 0.05) is 23.1 Å². The van der Waals surface area contributed by atoms with Gasteiger partial charge in [-0.3, -0.25) is 4.79 Å². The fraction of sp³-hybridized carbons (Fsp3) is 0.111. The molecule has 0 fully saturated rings. The zero-order valence-electron chi connectivity index (χ0n) is 11.5. The normalized spacial score (nSPS) is 12.2. The Morgan fingerprint density at radius 2 is 1.86 bits per heavy atom. The Kier molecular flexibility index (Phi) is 2.39. The number of hydrogen-bond donors (Lipinski definition) is 0. The summed E-state index contributed by atoms with van der Waals surface area (Å²) in [5.41, 5.74) is 3.36. The Labute approximate surface area is 120 Å². The molecule has 0 atom stereocenters. The molecule has 3 aromatic rings. The van der Waals surface area contributed by atoms with Crippen LogP contribution >= 0.6 is 0 Å². The number of Topliss-reactive ketones (excluding diaryl/α,β-unsaturated/α-hetero) is 1. The molecular weight excluding hydrogens is 264 g/mol. The van der Waals surface area contributed by atoms with Gasteiger partial charge in [-0.05, 0) is 30.0 Å². The van der Waals surface area contributed by atoms with E-state index in [1.165, 1.54) is 0 Å². The van der Waals surface area contributed by atoms with Crippen molar-refractivity contribution < 1.29 is 9.21 Å². The summed E-state index contributed by atoms with van der Waals surface area (Å²) in [6.07, 6.45) is 0.691. The quantitative estimate of drug-likeness (QED) is 0.499. The monoisotopic (exact) mass is 276 g/mol. The van der Waals surface area contributed by atoms with Gasteiger partial charge in [-0.1, -0.05) is 30.3 Å². The largest absolute Gasteiger partial charge is 0.422 e. The molecule has 1 aliphatic rings. The predicted octanol–water partition coefficient (Wildman–Crippen LogP) is 3.57. The summed E-state index contributed by atoms with van der Waals surface area (Å²) in [6.45, 7) is 1.55. The second-order valence-electron chi connectivity index (χ2n) is 5.35. The number of ketones is 1. The maximum Gasteiger partial charge on any atom is 0.344 e. The summed E-state index contributed by atoms with van der Waals surface area (Å²) in [6, 6.07) is 13.0. The molecule has 0 saturated heterocycles. The Hall–Kier alpha value is -2.68. The highest BCUT2D eigenvalue weighted by Crippen LogP contribution is 2.39. The summed E-state index contributed by atoms with van der Waals surface area (Å²) in [5.74, 6) is 0.684. The molecule has 0 bridgehead atoms. The molecule has 2 aromatic carbocycles. The van der Waals surface area contributed by atoms with Crippen LogP contribution in [0.4, 0.5) is 0 Å². The first-order valence-corrected chi connectivity index (χ1v) is 6.84. The third kappa shape index (κ3) is 1.67. The van der Waals surface area contributed by atoms with Gasteiger partial charge in [-0.15, -0.1) is 0 Å². The highest BCUT2D eigenvalue weighted by atomic mass is 16.4. The minimum atomic E-state index is -0.312. The van der Waals surface area contributed by atoms with E-state index >= 15 is 0 Å². The summed E-state index contributed by atoms with van der Waals surface area (Å²) in [5, 5.41) is 1.54. The number of carbonyl (C=O) groups is 1. The molecule has 1 heterocycles. The molecular formula is C18H12O3. The lowest BCUT2D eigenvalue weighted by atomic mass is 10.0. The predicted molar refractivity (Wildman–Crippen MR) is 80.7 cm³/mol. The fourth-order valence-corrected chi connectivity index (χ4v) is 3.02. The van der Waals surface area contributed by atoms with E-state index in [4.69, 9.17) is 4.42 Å². The molecule has 0 saturated carbocycles. The molecule has 4 rings (SSSR count). The minimum absolute atomic E-state index is 0.0417. The number of hydrogen-bond acceptors (Lipinski definition) is 3. The van der Waals surface area contributed by atoms with Gasteiger partial charge in [0.2, 0.25) is 0 Å². The first-order chi connectivity index (χ1) is 10.1. The maximum atomic E-state index is 12.1. The summed E-state index contributed by atoms with van der Waals surface area (Å²) >= 11 is 0. The van der Waals surface area contributed by atoms with Crippen molar-refractivity contribution in [2.24, 2.45) is 0 Å². The molecule has 0 aliphatic heterocycles. The van der Waals surface area contributed by atoms with Crippen molar-refractivity contribution in [2.45, 2.75) is 13.3 Å². The first-order valence-electron chi connectivity index (χ1n) is 6.84. The standard InChI is InChI=1S/C18H12O3/c1-10(19)11-6-7-13-12(8-11)9-16-14-4-2-3-5-15(14)18(20)21-17(13)16/h2-8H,9H2,1H3. The second-order valence-corrected chi connectivity index (χ2v) is 5.35. The molecule has 3 nitrogen and oxygen atoms in total. The van der Waals surface area contributed by atoms with Crippen molar-refractivity contribution in [3.05, 3.63) is 69.6 Å². The molecule has 0 radical (unpaired) electrons. The van der Waals surface area contributed by atoms with Gasteiger partial charge in [-0.25, -0.2) is 4.79 Å². The third-order valence-electron chi connectivity index (χ3n) is 4.06. The SMILES string of the molecule is CC(=O)c1ccc2c(c1)Cc1c-2oc(=O)c2ccccc12. The van der Waals surface area contributed by atoms with Crippen LogP contribution in [0, 0.1) is 0 Å². The third-order valence-corrected chi connectivity index (χ3v) is 4.06. The van der Waals surface area contributed by atoms with E-state index in [9.17, 15) is 9.59 Å². The number of fused-ring (bicyclic) bond motifs is 5. The highest BCUT2D eigenvalue weighted by Gasteiger charge is 2.25. The Balaban J connectivity index is 2.03. The number of rotatable bonds is 1. The van der Waals surface area contributed by atoms with Crippen molar-refractivity contribution >= 4 is 16.6 Å². The molecule has 0 unspecified atom stereocenters. The molecule has 1 aromatic heterocycles. The average Bonchev–Trinajstić information content (AvgIpc) is 2.85. The van der Waals surface area contributed by atoms with Crippen LogP contribution in [0.3, 0.4) is 0 Å². The topological polar surface area (TPSA) is 47.3 Å². The van der Waals surface area contributed by atoms with Crippen LogP contribution in [0.25, 0.3) is 22.1 Å². The first kappa shape index (κ1) is 12.1. The fourth-order valence-electron chi connectivity index (χ4n) is 3.02. The lowest BCUT2D eigenvalue weighted by Crippen LogP contribution is -2.01. The summed E-state index contributed by atoms with van der Waals surface area (Å²) in [7, 11) is 0. The van der Waals surface area contributed by atoms with Gasteiger partial charge in [0.25, 0.3) is 0 Å². The van der Waals surface area contributed by atoms with E-state index in [0.717, 1.165) is 22.1 Å². The van der Waals surface area contributed by atoms with Crippen molar-refractivity contribution in [1.82, 2.24) is 0 Å². The van der Waals surface area contributed by atoms with Crippen molar-refractivity contribution in [3.8, 4) is 11.3 Å². The van der Waals surface area contributed by atoms with Gasteiger partial charge < -0.3 is 4.42 Å². The molecule has 3 heteroatoms. The molecule has 0 spiro atoms. The smallest absolute Gasteiger partial charge is 0.344 e. The Morgan fingerprint density at radius 1 is 1.10 bits per heavy atom. The van der Waals surface area contributed by atoms with Crippen molar-refractivity contribution in [3.63, 3.8) is 0 Å². The second kappa shape index (κ2) is 4.16. The number of benzene rings is 2. The van der Waals surface area contributed by atoms with E-state index in [2.05, 4.69) is 0 Å². The zero-order chi connectivity index (χ0) is 14.6. The molecule has 0 N–H and O–H groups in total. The van der Waals surface area contributed by atoms with E-state index in [-0.39, 0.29) is 11.4 Å². The van der Waals surface area contributed by atoms with Crippen molar-refractivity contribution in [2.75, 3.05) is 0 Å². The van der Waals surface area contributed by atoms with E-state index in [0.29, 0.717) is 23.1 Å². The van der Waals surface area contributed by atoms with Crippen LogP contribution < -0.4 is 5.63 Å². The van der Waals surface area contributed by atoms with E-state index in [1.807, 2.05) is 30.3 Å². The molecule has 21 heavy (non-hydrogen) atoms. The number of carbonyl (C=O) groups excluding carboxylic acids is 1. The highest BCUT2D eigenvalue weighted by molar-refractivity contribution is 5.96. The van der Waals surface area contributed by atoms with Crippen LogP contribution in [-0.4, -0.2) is 5.78 Å².